The van der Waals surface area contributed by atoms with Crippen LogP contribution in [0.15, 0.2) is 97.3 Å². The lowest BCUT2D eigenvalue weighted by atomic mass is 9.87. The highest BCUT2D eigenvalue weighted by atomic mass is 16.5. The quantitative estimate of drug-likeness (QED) is 0.205. The molecule has 0 unspecified atom stereocenters. The van der Waals surface area contributed by atoms with Gasteiger partial charge in [0.25, 0.3) is 11.8 Å². The van der Waals surface area contributed by atoms with E-state index in [1.54, 1.807) is 48.8 Å². The molecule has 4 amide bonds. The third-order valence-corrected chi connectivity index (χ3v) is 10.4. The average molecular weight is 697 g/mol. The molecule has 0 spiro atoms. The summed E-state index contributed by atoms with van der Waals surface area (Å²) < 4.78 is 13.7. The molecule has 2 aliphatic heterocycles. The summed E-state index contributed by atoms with van der Waals surface area (Å²) in [5, 5.41) is 21.6. The molecule has 2 saturated carbocycles. The number of ether oxygens (including phenoxy) is 2. The number of carbonyl (C=O) groups excluding carboxylic acids is 4. The Bertz CT molecular complexity index is 2150. The van der Waals surface area contributed by atoms with Crippen molar-refractivity contribution in [1.29, 1.82) is 0 Å². The highest BCUT2D eigenvalue weighted by Crippen LogP contribution is 2.54. The molecule has 14 nitrogen and oxygen atoms in total. The minimum atomic E-state index is -1.07. The largest absolute Gasteiger partial charge is 0.490 e. The summed E-state index contributed by atoms with van der Waals surface area (Å²) in [4.78, 5) is 52.4. The summed E-state index contributed by atoms with van der Waals surface area (Å²) in [6.45, 7) is 0. The number of amides is 4. The maximum absolute atomic E-state index is 13.0. The summed E-state index contributed by atoms with van der Waals surface area (Å²) >= 11 is 0. The van der Waals surface area contributed by atoms with Crippen LogP contribution in [0.25, 0.3) is 5.82 Å². The number of hydrogen-bond donors (Lipinski definition) is 2. The molecule has 14 heteroatoms. The van der Waals surface area contributed by atoms with Crippen LogP contribution in [0.1, 0.15) is 63.9 Å². The van der Waals surface area contributed by atoms with Crippen molar-refractivity contribution in [2.75, 3.05) is 0 Å². The first-order chi connectivity index (χ1) is 25.3. The zero-order valence-corrected chi connectivity index (χ0v) is 27.7. The van der Waals surface area contributed by atoms with Crippen molar-refractivity contribution >= 4 is 23.6 Å². The van der Waals surface area contributed by atoms with Crippen LogP contribution in [0.4, 0.5) is 0 Å². The molecular formula is C38H32N8O6. The van der Waals surface area contributed by atoms with Crippen LogP contribution in [0.5, 0.6) is 17.4 Å². The molecule has 2 N–H and O–H groups in total. The number of imide groups is 2. The van der Waals surface area contributed by atoms with Crippen molar-refractivity contribution in [1.82, 2.24) is 40.7 Å². The lowest BCUT2D eigenvalue weighted by Crippen LogP contribution is -2.64. The van der Waals surface area contributed by atoms with E-state index in [9.17, 15) is 19.2 Å². The lowest BCUT2D eigenvalue weighted by Gasteiger charge is -2.40. The molecule has 4 aliphatic rings. The number of benzene rings is 3. The molecule has 3 fully saturated rings. The Morgan fingerprint density at radius 3 is 2.02 bits per heavy atom. The van der Waals surface area contributed by atoms with Crippen LogP contribution in [0.2, 0.25) is 0 Å². The van der Waals surface area contributed by atoms with E-state index in [0.717, 1.165) is 23.5 Å². The van der Waals surface area contributed by atoms with Crippen molar-refractivity contribution < 1.29 is 28.7 Å². The van der Waals surface area contributed by atoms with E-state index >= 15 is 0 Å². The second-order valence-electron chi connectivity index (χ2n) is 13.6. The Hall–Kier alpha value is -6.28. The first-order valence-corrected chi connectivity index (χ1v) is 17.2. The van der Waals surface area contributed by atoms with E-state index < -0.39 is 35.7 Å². The number of rotatable bonds is 10. The van der Waals surface area contributed by atoms with Gasteiger partial charge in [-0.05, 0) is 79.3 Å². The SMILES string of the molecule is O=C1NC(=O)[C@H](NC2CC(Oc3ccc(C4(c5ccc(Oc6ccc(-n7ccnn7)nn6)cc5)CC4)cc3)C2)C[C@H]1N1C(=O)c2ccccc2C1=O. The second kappa shape index (κ2) is 12.5. The molecule has 260 valence electrons. The van der Waals surface area contributed by atoms with Gasteiger partial charge in [-0.2, -0.15) is 0 Å². The molecule has 4 heterocycles. The van der Waals surface area contributed by atoms with E-state index in [1.165, 1.54) is 15.8 Å². The van der Waals surface area contributed by atoms with E-state index in [4.69, 9.17) is 9.47 Å². The van der Waals surface area contributed by atoms with Crippen LogP contribution in [0.3, 0.4) is 0 Å². The predicted octanol–water partition coefficient (Wildman–Crippen LogP) is 3.51. The van der Waals surface area contributed by atoms with Gasteiger partial charge >= 0.3 is 0 Å². The molecule has 52 heavy (non-hydrogen) atoms. The van der Waals surface area contributed by atoms with Gasteiger partial charge in [-0.15, -0.1) is 15.3 Å². The van der Waals surface area contributed by atoms with Gasteiger partial charge in [0, 0.05) is 23.9 Å². The van der Waals surface area contributed by atoms with Crippen LogP contribution in [-0.4, -0.2) is 77.9 Å². The number of aromatic nitrogens is 5. The van der Waals surface area contributed by atoms with Gasteiger partial charge in [0.05, 0.1) is 29.6 Å². The van der Waals surface area contributed by atoms with E-state index in [1.807, 2.05) is 24.3 Å². The van der Waals surface area contributed by atoms with Gasteiger partial charge in [0.2, 0.25) is 17.7 Å². The van der Waals surface area contributed by atoms with E-state index in [2.05, 4.69) is 55.4 Å². The molecule has 2 aromatic heterocycles. The second-order valence-corrected chi connectivity index (χ2v) is 13.6. The molecule has 1 saturated heterocycles. The fourth-order valence-corrected chi connectivity index (χ4v) is 7.37. The minimum Gasteiger partial charge on any atom is -0.490 e. The topological polar surface area (TPSA) is 171 Å². The smallest absolute Gasteiger partial charge is 0.262 e. The van der Waals surface area contributed by atoms with Gasteiger partial charge in [0.1, 0.15) is 23.6 Å². The summed E-state index contributed by atoms with van der Waals surface area (Å²) in [7, 11) is 0. The monoisotopic (exact) mass is 696 g/mol. The summed E-state index contributed by atoms with van der Waals surface area (Å²) in [6, 6.07) is 24.5. The third-order valence-electron chi connectivity index (χ3n) is 10.4. The number of fused-ring (bicyclic) bond motifs is 1. The van der Waals surface area contributed by atoms with Gasteiger partial charge in [-0.3, -0.25) is 29.4 Å². The van der Waals surface area contributed by atoms with Gasteiger partial charge in [0.15, 0.2) is 5.82 Å². The van der Waals surface area contributed by atoms with Crippen molar-refractivity contribution in [2.45, 2.75) is 61.7 Å². The molecule has 9 rings (SSSR count). The minimum absolute atomic E-state index is 0.0104. The van der Waals surface area contributed by atoms with Crippen molar-refractivity contribution in [2.24, 2.45) is 0 Å². The number of piperidine rings is 1. The summed E-state index contributed by atoms with van der Waals surface area (Å²) in [5.74, 6) is 0.217. The van der Waals surface area contributed by atoms with Crippen molar-refractivity contribution in [3.8, 4) is 23.2 Å². The van der Waals surface area contributed by atoms with Crippen LogP contribution in [0, 0.1) is 0 Å². The van der Waals surface area contributed by atoms with Crippen molar-refractivity contribution in [3.05, 3.63) is 120 Å². The lowest BCUT2D eigenvalue weighted by molar-refractivity contribution is -0.138. The standard InChI is InChI=1S/C38H32N8O6/c47-34-30(21-31(35(48)41-34)46-36(49)28-3-1-2-4-29(28)37(46)50)40-24-19-27(20-24)51-25-9-5-22(6-10-25)38(15-16-38)23-7-11-26(12-8-23)52-33-14-13-32(42-43-33)45-18-17-39-44-45/h1-14,17-18,24,27,30-31,40H,15-16,19-21H2,(H,41,47,48)/t24?,27?,30-,31-/m1/s1. The van der Waals surface area contributed by atoms with Gasteiger partial charge < -0.3 is 14.8 Å². The first-order valence-electron chi connectivity index (χ1n) is 17.2. The number of nitrogens with one attached hydrogen (secondary N) is 2. The molecule has 3 aromatic carbocycles. The highest BCUT2D eigenvalue weighted by molar-refractivity contribution is 6.23. The molecule has 5 aromatic rings. The average Bonchev–Trinajstić information content (AvgIpc) is 3.69. The Morgan fingerprint density at radius 2 is 1.42 bits per heavy atom. The molecule has 0 bridgehead atoms. The molecular weight excluding hydrogens is 664 g/mol. The Morgan fingerprint density at radius 1 is 0.750 bits per heavy atom. The summed E-state index contributed by atoms with van der Waals surface area (Å²) in [6.07, 6.45) is 6.69. The summed E-state index contributed by atoms with van der Waals surface area (Å²) in [5.41, 5.74) is 2.92. The van der Waals surface area contributed by atoms with E-state index in [-0.39, 0.29) is 35.1 Å². The number of carbonyl (C=O) groups is 4. The van der Waals surface area contributed by atoms with Gasteiger partial charge in [-0.1, -0.05) is 41.6 Å². The zero-order valence-electron chi connectivity index (χ0n) is 27.7. The normalized spacial score (nSPS) is 23.1. The maximum atomic E-state index is 13.0. The Kier molecular flexibility index (Phi) is 7.61. The number of hydrogen-bond acceptors (Lipinski definition) is 11. The third kappa shape index (κ3) is 5.66. The Balaban J connectivity index is 0.775. The predicted molar refractivity (Wildman–Crippen MR) is 183 cm³/mol. The zero-order chi connectivity index (χ0) is 35.4. The highest BCUT2D eigenvalue weighted by Gasteiger charge is 2.48. The molecule has 2 atom stereocenters. The first kappa shape index (κ1) is 31.7. The Labute approximate surface area is 297 Å². The fraction of sp³-hybridized carbons (Fsp3) is 0.263. The fourth-order valence-electron chi connectivity index (χ4n) is 7.37. The van der Waals surface area contributed by atoms with E-state index in [0.29, 0.717) is 30.3 Å². The molecule has 2 aliphatic carbocycles. The van der Waals surface area contributed by atoms with Crippen molar-refractivity contribution in [3.63, 3.8) is 0 Å². The maximum Gasteiger partial charge on any atom is 0.262 e. The van der Waals surface area contributed by atoms with Crippen LogP contribution in [-0.2, 0) is 15.0 Å². The molecule has 0 radical (unpaired) electrons. The van der Waals surface area contributed by atoms with Crippen LogP contribution < -0.4 is 20.1 Å². The van der Waals surface area contributed by atoms with Gasteiger partial charge in [-0.25, -0.2) is 4.68 Å². The van der Waals surface area contributed by atoms with Crippen LogP contribution >= 0.6 is 0 Å². The number of nitrogens with zero attached hydrogens (tertiary/aromatic N) is 6.